The Hall–Kier alpha value is -2.73. The zero-order chi connectivity index (χ0) is 15.9. The molecule has 2 aromatic carbocycles. The van der Waals surface area contributed by atoms with E-state index in [0.717, 1.165) is 0 Å². The van der Waals surface area contributed by atoms with Gasteiger partial charge < -0.3 is 0 Å². The van der Waals surface area contributed by atoms with Crippen molar-refractivity contribution in [2.24, 2.45) is 0 Å². The van der Waals surface area contributed by atoms with Gasteiger partial charge in [-0.2, -0.15) is 0 Å². The van der Waals surface area contributed by atoms with Gasteiger partial charge in [0, 0.05) is 12.1 Å². The third-order valence-corrected chi connectivity index (χ3v) is 3.65. The van der Waals surface area contributed by atoms with Gasteiger partial charge in [0.05, 0.1) is 26.5 Å². The lowest BCUT2D eigenvalue weighted by atomic mass is 10.2. The number of benzene rings is 2. The van der Waals surface area contributed by atoms with E-state index < -0.39 is 10.8 Å². The van der Waals surface area contributed by atoms with E-state index in [9.17, 15) is 14.9 Å². The first-order chi connectivity index (χ1) is 10.5. The molecule has 0 unspecified atom stereocenters. The molecule has 0 radical (unpaired) electrons. The van der Waals surface area contributed by atoms with Crippen LogP contribution in [0.1, 0.15) is 16.2 Å². The highest BCUT2D eigenvalue weighted by Gasteiger charge is 2.20. The van der Waals surface area contributed by atoms with Crippen LogP contribution in [-0.2, 0) is 0 Å². The normalized spacial score (nSPS) is 10.8. The first kappa shape index (κ1) is 14.2. The average molecular weight is 316 g/mol. The fourth-order valence-electron chi connectivity index (χ4n) is 2.31. The fraction of sp³-hybridized carbons (Fsp3) is 0.0667. The summed E-state index contributed by atoms with van der Waals surface area (Å²) in [6.45, 7) is 1.70. The largest absolute Gasteiger partial charge is 0.270 e. The number of halogens is 1. The summed E-state index contributed by atoms with van der Waals surface area (Å²) in [5.74, 6) is 0.0497. The summed E-state index contributed by atoms with van der Waals surface area (Å²) in [6, 6.07) is 11.0. The van der Waals surface area contributed by atoms with Crippen LogP contribution in [0.2, 0.25) is 5.02 Å². The number of hydrogen-bond donors (Lipinski definition) is 0. The maximum atomic E-state index is 12.8. The summed E-state index contributed by atoms with van der Waals surface area (Å²) in [4.78, 5) is 27.4. The number of nitro groups is 1. The zero-order valence-corrected chi connectivity index (χ0v) is 12.2. The van der Waals surface area contributed by atoms with Crippen molar-refractivity contribution in [1.29, 1.82) is 0 Å². The van der Waals surface area contributed by atoms with Crippen LogP contribution in [0, 0.1) is 17.0 Å². The van der Waals surface area contributed by atoms with Gasteiger partial charge in [0.15, 0.2) is 0 Å². The van der Waals surface area contributed by atoms with Crippen molar-refractivity contribution in [3.05, 3.63) is 69.0 Å². The molecule has 1 heterocycles. The molecule has 0 saturated carbocycles. The molecule has 3 rings (SSSR count). The van der Waals surface area contributed by atoms with Crippen molar-refractivity contribution in [1.82, 2.24) is 9.55 Å². The maximum absolute atomic E-state index is 12.8. The quantitative estimate of drug-likeness (QED) is 0.534. The second-order valence-electron chi connectivity index (χ2n) is 4.71. The predicted octanol–water partition coefficient (Wildman–Crippen LogP) is 3.59. The Balaban J connectivity index is 2.20. The summed E-state index contributed by atoms with van der Waals surface area (Å²) in [5.41, 5.74) is 1.19. The Bertz CT molecular complexity index is 918. The molecule has 0 saturated heterocycles. The molecule has 1 aromatic heterocycles. The van der Waals surface area contributed by atoms with E-state index in [0.29, 0.717) is 16.9 Å². The maximum Gasteiger partial charge on any atom is 0.270 e. The van der Waals surface area contributed by atoms with Crippen molar-refractivity contribution in [2.75, 3.05) is 0 Å². The van der Waals surface area contributed by atoms with E-state index in [1.54, 1.807) is 25.1 Å². The van der Waals surface area contributed by atoms with Gasteiger partial charge in [0.1, 0.15) is 5.82 Å². The Morgan fingerprint density at radius 1 is 1.27 bits per heavy atom. The highest BCUT2D eigenvalue weighted by molar-refractivity contribution is 6.34. The van der Waals surface area contributed by atoms with Crippen LogP contribution in [0.15, 0.2) is 42.5 Å². The standard InChI is InChI=1S/C15H10ClN3O3/c1-9-17-13-4-2-3-5-14(13)18(9)15(20)11-8-10(19(21)22)6-7-12(11)16/h2-8H,1H3. The molecule has 0 amide bonds. The average Bonchev–Trinajstić information content (AvgIpc) is 2.82. The molecule has 3 aromatic rings. The summed E-state index contributed by atoms with van der Waals surface area (Å²) < 4.78 is 1.40. The van der Waals surface area contributed by atoms with Crippen LogP contribution in [0.3, 0.4) is 0 Å². The Morgan fingerprint density at radius 3 is 2.73 bits per heavy atom. The van der Waals surface area contributed by atoms with Gasteiger partial charge in [0.25, 0.3) is 11.6 Å². The molecule has 22 heavy (non-hydrogen) atoms. The molecule has 0 aliphatic rings. The van der Waals surface area contributed by atoms with Crippen LogP contribution in [0.5, 0.6) is 0 Å². The molecule has 0 N–H and O–H groups in total. The molecular formula is C15H10ClN3O3. The first-order valence-electron chi connectivity index (χ1n) is 6.42. The second-order valence-corrected chi connectivity index (χ2v) is 5.12. The summed E-state index contributed by atoms with van der Waals surface area (Å²) >= 11 is 6.04. The number of carbonyl (C=O) groups is 1. The van der Waals surface area contributed by atoms with Gasteiger partial charge in [-0.1, -0.05) is 23.7 Å². The topological polar surface area (TPSA) is 78.0 Å². The van der Waals surface area contributed by atoms with E-state index in [1.165, 1.54) is 22.8 Å². The number of non-ortho nitro benzene ring substituents is 1. The van der Waals surface area contributed by atoms with Crippen LogP contribution >= 0.6 is 11.6 Å². The van der Waals surface area contributed by atoms with Crippen LogP contribution < -0.4 is 0 Å². The highest BCUT2D eigenvalue weighted by atomic mass is 35.5. The van der Waals surface area contributed by atoms with E-state index in [4.69, 9.17) is 11.6 Å². The Labute approximate surface area is 130 Å². The van der Waals surface area contributed by atoms with Crippen LogP contribution in [0.4, 0.5) is 5.69 Å². The first-order valence-corrected chi connectivity index (χ1v) is 6.79. The number of para-hydroxylation sites is 2. The predicted molar refractivity (Wildman–Crippen MR) is 82.3 cm³/mol. The minimum absolute atomic E-state index is 0.0714. The number of carbonyl (C=O) groups excluding carboxylic acids is 1. The number of rotatable bonds is 2. The van der Waals surface area contributed by atoms with Gasteiger partial charge in [-0.15, -0.1) is 0 Å². The van der Waals surface area contributed by atoms with Gasteiger partial charge in [0.2, 0.25) is 0 Å². The van der Waals surface area contributed by atoms with Gasteiger partial charge in [-0.3, -0.25) is 19.5 Å². The zero-order valence-electron chi connectivity index (χ0n) is 11.5. The molecule has 0 spiro atoms. The van der Waals surface area contributed by atoms with E-state index >= 15 is 0 Å². The SMILES string of the molecule is Cc1nc2ccccc2n1C(=O)c1cc([N+](=O)[O-])ccc1Cl. The van der Waals surface area contributed by atoms with E-state index in [2.05, 4.69) is 4.98 Å². The van der Waals surface area contributed by atoms with Crippen molar-refractivity contribution >= 4 is 34.2 Å². The van der Waals surface area contributed by atoms with Gasteiger partial charge in [-0.05, 0) is 25.1 Å². The minimum atomic E-state index is -0.564. The van der Waals surface area contributed by atoms with E-state index in [-0.39, 0.29) is 16.3 Å². The minimum Gasteiger partial charge on any atom is -0.268 e. The lowest BCUT2D eigenvalue weighted by Crippen LogP contribution is -2.14. The number of nitro benzene ring substituents is 1. The molecule has 0 bridgehead atoms. The molecular weight excluding hydrogens is 306 g/mol. The van der Waals surface area contributed by atoms with Gasteiger partial charge in [-0.25, -0.2) is 4.98 Å². The summed E-state index contributed by atoms with van der Waals surface area (Å²) in [5, 5.41) is 11.0. The molecule has 0 aliphatic carbocycles. The number of aromatic nitrogens is 2. The highest BCUT2D eigenvalue weighted by Crippen LogP contribution is 2.25. The molecule has 0 aliphatic heterocycles. The number of hydrogen-bond acceptors (Lipinski definition) is 4. The Morgan fingerprint density at radius 2 is 2.00 bits per heavy atom. The van der Waals surface area contributed by atoms with Crippen molar-refractivity contribution in [2.45, 2.75) is 6.92 Å². The summed E-state index contributed by atoms with van der Waals surface area (Å²) in [6.07, 6.45) is 0. The second kappa shape index (κ2) is 5.23. The third-order valence-electron chi connectivity index (χ3n) is 3.32. The number of imidazole rings is 1. The molecule has 6 nitrogen and oxygen atoms in total. The molecule has 0 fully saturated rings. The molecule has 0 atom stereocenters. The summed E-state index contributed by atoms with van der Waals surface area (Å²) in [7, 11) is 0. The van der Waals surface area contributed by atoms with Crippen molar-refractivity contribution < 1.29 is 9.72 Å². The number of aryl methyl sites for hydroxylation is 1. The smallest absolute Gasteiger partial charge is 0.268 e. The number of fused-ring (bicyclic) bond motifs is 1. The molecule has 110 valence electrons. The van der Waals surface area contributed by atoms with Gasteiger partial charge >= 0.3 is 0 Å². The lowest BCUT2D eigenvalue weighted by molar-refractivity contribution is -0.384. The number of nitrogens with zero attached hydrogens (tertiary/aromatic N) is 3. The van der Waals surface area contributed by atoms with E-state index in [1.807, 2.05) is 6.07 Å². The molecule has 7 heteroatoms. The lowest BCUT2D eigenvalue weighted by Gasteiger charge is -2.07. The Kier molecular flexibility index (Phi) is 3.38. The third kappa shape index (κ3) is 2.23. The fourth-order valence-corrected chi connectivity index (χ4v) is 2.51. The van der Waals surface area contributed by atoms with Crippen LogP contribution in [-0.4, -0.2) is 20.4 Å². The van der Waals surface area contributed by atoms with Crippen molar-refractivity contribution in [3.8, 4) is 0 Å². The van der Waals surface area contributed by atoms with Crippen molar-refractivity contribution in [3.63, 3.8) is 0 Å². The van der Waals surface area contributed by atoms with Crippen LogP contribution in [0.25, 0.3) is 11.0 Å². The monoisotopic (exact) mass is 315 g/mol.